The van der Waals surface area contributed by atoms with E-state index in [9.17, 15) is 9.59 Å². The van der Waals surface area contributed by atoms with Gasteiger partial charge in [-0.15, -0.1) is 11.3 Å². The van der Waals surface area contributed by atoms with Crippen molar-refractivity contribution in [3.63, 3.8) is 0 Å². The normalized spacial score (nSPS) is 12.1. The highest BCUT2D eigenvalue weighted by Crippen LogP contribution is 2.20. The van der Waals surface area contributed by atoms with Crippen LogP contribution in [0.3, 0.4) is 0 Å². The fourth-order valence-electron chi connectivity index (χ4n) is 2.83. The van der Waals surface area contributed by atoms with E-state index in [4.69, 9.17) is 4.74 Å². The molecule has 0 fully saturated rings. The summed E-state index contributed by atoms with van der Waals surface area (Å²) in [5.41, 5.74) is 1.76. The van der Waals surface area contributed by atoms with Crippen LogP contribution in [0.15, 0.2) is 41.8 Å². The number of nitrogens with one attached hydrogen (secondary N) is 2. The van der Waals surface area contributed by atoms with Crippen molar-refractivity contribution in [1.29, 1.82) is 0 Å². The van der Waals surface area contributed by atoms with E-state index in [2.05, 4.69) is 15.6 Å². The molecule has 0 aliphatic carbocycles. The first kappa shape index (κ1) is 20.0. The van der Waals surface area contributed by atoms with Crippen molar-refractivity contribution in [3.8, 4) is 0 Å². The van der Waals surface area contributed by atoms with Crippen molar-refractivity contribution in [2.75, 3.05) is 18.5 Å². The summed E-state index contributed by atoms with van der Waals surface area (Å²) in [6.07, 6.45) is 0.807. The van der Waals surface area contributed by atoms with E-state index < -0.39 is 6.04 Å². The minimum atomic E-state index is -0.689. The third-order valence-electron chi connectivity index (χ3n) is 4.25. The average Bonchev–Trinajstić information content (AvgIpc) is 3.33. The predicted molar refractivity (Wildman–Crippen MR) is 111 cm³/mol. The molecule has 0 saturated carbocycles. The van der Waals surface area contributed by atoms with Gasteiger partial charge in [0, 0.05) is 19.8 Å². The van der Waals surface area contributed by atoms with Crippen LogP contribution in [-0.4, -0.2) is 40.6 Å². The highest BCUT2D eigenvalue weighted by atomic mass is 32.1. The molecular weight excluding hydrogens is 376 g/mol. The van der Waals surface area contributed by atoms with Gasteiger partial charge in [0.25, 0.3) is 5.91 Å². The third kappa shape index (κ3) is 4.76. The van der Waals surface area contributed by atoms with Crippen LogP contribution in [0.5, 0.6) is 0 Å². The lowest BCUT2D eigenvalue weighted by atomic mass is 10.3. The topological polar surface area (TPSA) is 85.2 Å². The van der Waals surface area contributed by atoms with Crippen LogP contribution >= 0.6 is 11.3 Å². The summed E-state index contributed by atoms with van der Waals surface area (Å²) in [4.78, 5) is 29.9. The van der Waals surface area contributed by atoms with Crippen LogP contribution in [-0.2, 0) is 16.1 Å². The fraction of sp³-hybridized carbons (Fsp3) is 0.350. The molecule has 7 nitrogen and oxygen atoms in total. The number of hydrogen-bond acceptors (Lipinski definition) is 5. The van der Waals surface area contributed by atoms with Gasteiger partial charge in [-0.2, -0.15) is 0 Å². The fourth-order valence-corrected chi connectivity index (χ4v) is 3.45. The van der Waals surface area contributed by atoms with Gasteiger partial charge in [-0.3, -0.25) is 14.9 Å². The Hall–Kier alpha value is -2.71. The largest absolute Gasteiger partial charge is 0.382 e. The molecule has 0 aliphatic heterocycles. The number of thiophene rings is 1. The predicted octanol–water partition coefficient (Wildman–Crippen LogP) is 3.28. The molecule has 0 spiro atoms. The molecule has 3 aromatic rings. The van der Waals surface area contributed by atoms with Crippen LogP contribution in [0, 0.1) is 0 Å². The molecule has 8 heteroatoms. The van der Waals surface area contributed by atoms with E-state index in [-0.39, 0.29) is 11.8 Å². The molecule has 0 radical (unpaired) electrons. The van der Waals surface area contributed by atoms with Crippen LogP contribution in [0.25, 0.3) is 11.0 Å². The molecule has 1 unspecified atom stereocenters. The number of carbonyl (C=O) groups is 2. The monoisotopic (exact) mass is 400 g/mol. The van der Waals surface area contributed by atoms with Crippen LogP contribution in [0.1, 0.15) is 29.9 Å². The van der Waals surface area contributed by atoms with Gasteiger partial charge in [-0.25, -0.2) is 4.98 Å². The van der Waals surface area contributed by atoms with Crippen molar-refractivity contribution in [1.82, 2.24) is 14.9 Å². The first-order valence-corrected chi connectivity index (χ1v) is 10.2. The SMILES string of the molecule is CCOCCCn1c(NC(=O)C(C)NC(=O)c2cccs2)nc2ccccc21. The summed E-state index contributed by atoms with van der Waals surface area (Å²) < 4.78 is 7.39. The van der Waals surface area contributed by atoms with Crippen LogP contribution in [0.4, 0.5) is 5.95 Å². The number of fused-ring (bicyclic) bond motifs is 1. The van der Waals surface area contributed by atoms with Crippen molar-refractivity contribution >= 4 is 40.1 Å². The molecular formula is C20H24N4O3S. The smallest absolute Gasteiger partial charge is 0.261 e. The molecule has 0 aliphatic rings. The number of nitrogens with zero attached hydrogens (tertiary/aromatic N) is 2. The Morgan fingerprint density at radius 2 is 2.07 bits per heavy atom. The van der Waals surface area contributed by atoms with Gasteiger partial charge in [0.05, 0.1) is 15.9 Å². The Labute approximate surface area is 167 Å². The summed E-state index contributed by atoms with van der Waals surface area (Å²) in [6.45, 7) is 5.61. The number of carbonyl (C=O) groups excluding carboxylic acids is 2. The number of aryl methyl sites for hydroxylation is 1. The molecule has 28 heavy (non-hydrogen) atoms. The summed E-state index contributed by atoms with van der Waals surface area (Å²) >= 11 is 1.34. The maximum absolute atomic E-state index is 12.6. The van der Waals surface area contributed by atoms with Crippen molar-refractivity contribution < 1.29 is 14.3 Å². The molecule has 2 aromatic heterocycles. The first-order valence-electron chi connectivity index (χ1n) is 9.28. The van der Waals surface area contributed by atoms with Gasteiger partial charge in [0.1, 0.15) is 6.04 Å². The van der Waals surface area contributed by atoms with Gasteiger partial charge < -0.3 is 14.6 Å². The molecule has 1 atom stereocenters. The van der Waals surface area contributed by atoms with Crippen LogP contribution in [0.2, 0.25) is 0 Å². The number of amides is 2. The lowest BCUT2D eigenvalue weighted by Gasteiger charge is -2.15. The summed E-state index contributed by atoms with van der Waals surface area (Å²) in [5, 5.41) is 7.39. The van der Waals surface area contributed by atoms with E-state index in [1.54, 1.807) is 19.1 Å². The number of rotatable bonds is 9. The molecule has 2 N–H and O–H groups in total. The van der Waals surface area contributed by atoms with Crippen molar-refractivity contribution in [3.05, 3.63) is 46.7 Å². The van der Waals surface area contributed by atoms with E-state index in [0.29, 0.717) is 30.6 Å². The second kappa shape index (κ2) is 9.48. The Morgan fingerprint density at radius 3 is 2.82 bits per heavy atom. The molecule has 2 amide bonds. The number of benzene rings is 1. The minimum absolute atomic E-state index is 0.261. The quantitative estimate of drug-likeness (QED) is 0.540. The van der Waals surface area contributed by atoms with Gasteiger partial charge in [0.15, 0.2) is 0 Å². The number of anilines is 1. The van der Waals surface area contributed by atoms with Gasteiger partial charge in [0.2, 0.25) is 11.9 Å². The third-order valence-corrected chi connectivity index (χ3v) is 5.12. The van der Waals surface area contributed by atoms with E-state index >= 15 is 0 Å². The van der Waals surface area contributed by atoms with E-state index in [0.717, 1.165) is 17.5 Å². The summed E-state index contributed by atoms with van der Waals surface area (Å²) in [5.74, 6) is -0.103. The van der Waals surface area contributed by atoms with E-state index in [1.807, 2.05) is 41.1 Å². The Morgan fingerprint density at radius 1 is 1.25 bits per heavy atom. The molecule has 2 heterocycles. The Balaban J connectivity index is 1.71. The highest BCUT2D eigenvalue weighted by Gasteiger charge is 2.20. The molecule has 0 saturated heterocycles. The maximum atomic E-state index is 12.6. The summed E-state index contributed by atoms with van der Waals surface area (Å²) in [7, 11) is 0. The van der Waals surface area contributed by atoms with Crippen molar-refractivity contribution in [2.45, 2.75) is 32.9 Å². The lowest BCUT2D eigenvalue weighted by Crippen LogP contribution is -2.41. The van der Waals surface area contributed by atoms with Gasteiger partial charge >= 0.3 is 0 Å². The molecule has 148 valence electrons. The number of ether oxygens (including phenoxy) is 1. The van der Waals surface area contributed by atoms with E-state index in [1.165, 1.54) is 11.3 Å². The molecule has 3 rings (SSSR count). The zero-order chi connectivity index (χ0) is 19.9. The second-order valence-corrected chi connectivity index (χ2v) is 7.24. The van der Waals surface area contributed by atoms with Crippen LogP contribution < -0.4 is 10.6 Å². The Kier molecular flexibility index (Phi) is 6.78. The number of imidazole rings is 1. The lowest BCUT2D eigenvalue weighted by molar-refractivity contribution is -0.117. The molecule has 0 bridgehead atoms. The van der Waals surface area contributed by atoms with Gasteiger partial charge in [-0.1, -0.05) is 18.2 Å². The number of hydrogen-bond donors (Lipinski definition) is 2. The van der Waals surface area contributed by atoms with Gasteiger partial charge in [-0.05, 0) is 43.8 Å². The highest BCUT2D eigenvalue weighted by molar-refractivity contribution is 7.12. The second-order valence-electron chi connectivity index (χ2n) is 6.29. The number of para-hydroxylation sites is 2. The number of aromatic nitrogens is 2. The average molecular weight is 401 g/mol. The zero-order valence-electron chi connectivity index (χ0n) is 16.0. The Bertz CT molecular complexity index is 936. The zero-order valence-corrected chi connectivity index (χ0v) is 16.8. The molecule has 1 aromatic carbocycles. The minimum Gasteiger partial charge on any atom is -0.382 e. The first-order chi connectivity index (χ1) is 13.6. The van der Waals surface area contributed by atoms with Crippen molar-refractivity contribution in [2.24, 2.45) is 0 Å². The standard InChI is InChI=1S/C20H24N4O3S/c1-3-27-12-7-11-24-16-9-5-4-8-15(16)22-20(24)23-18(25)14(2)21-19(26)17-10-6-13-28-17/h4-6,8-10,13-14H,3,7,11-12H2,1-2H3,(H,21,26)(H,22,23,25). The summed E-state index contributed by atoms with van der Waals surface area (Å²) in [6, 6.07) is 10.6. The maximum Gasteiger partial charge on any atom is 0.261 e.